The Labute approximate surface area is 187 Å². The van der Waals surface area contributed by atoms with Gasteiger partial charge in [0.25, 0.3) is 0 Å². The number of aromatic carboxylic acids is 2. The molecule has 9 nitrogen and oxygen atoms in total. The number of pyridine rings is 1. The van der Waals surface area contributed by atoms with E-state index < -0.39 is 11.9 Å². The van der Waals surface area contributed by atoms with E-state index in [1.54, 1.807) is 54.7 Å². The number of carboxylic acids is 2. The maximum Gasteiger partial charge on any atom is 0.337 e. The number of rotatable bonds is 6. The minimum absolute atomic E-state index is 0.0131. The standard InChI is InChI=1S/C24H17N5O4/c30-23(31)16-9-1-3-12-19(16)26-28-22(18-11-5-7-15-8-6-14-25-21(15)18)29-27-20-13-4-2-10-17(20)24(32)33/h1-14,26H,(H,30,31)(H,32,33). The Bertz CT molecular complexity index is 1410. The summed E-state index contributed by atoms with van der Waals surface area (Å²) in [4.78, 5) is 27.4. The summed E-state index contributed by atoms with van der Waals surface area (Å²) >= 11 is 0. The maximum atomic E-state index is 11.5. The van der Waals surface area contributed by atoms with Gasteiger partial charge in [-0.2, -0.15) is 5.10 Å². The van der Waals surface area contributed by atoms with Gasteiger partial charge in [0.2, 0.25) is 5.84 Å². The average Bonchev–Trinajstić information content (AvgIpc) is 2.84. The second-order valence-electron chi connectivity index (χ2n) is 6.80. The third-order valence-corrected chi connectivity index (χ3v) is 4.70. The van der Waals surface area contributed by atoms with Crippen LogP contribution in [0.15, 0.2) is 100 Å². The highest BCUT2D eigenvalue weighted by Gasteiger charge is 2.13. The fraction of sp³-hybridized carbons (Fsp3) is 0. The summed E-state index contributed by atoms with van der Waals surface area (Å²) in [5.41, 5.74) is 4.31. The predicted octanol–water partition coefficient (Wildman–Crippen LogP) is 5.19. The number of fused-ring (bicyclic) bond motifs is 1. The van der Waals surface area contributed by atoms with Gasteiger partial charge in [-0.3, -0.25) is 10.4 Å². The lowest BCUT2D eigenvalue weighted by molar-refractivity contribution is 0.0687. The van der Waals surface area contributed by atoms with Crippen LogP contribution in [0, 0.1) is 0 Å². The van der Waals surface area contributed by atoms with Gasteiger partial charge in [-0.15, -0.1) is 10.2 Å². The summed E-state index contributed by atoms with van der Waals surface area (Å²) in [5.74, 6) is -2.15. The van der Waals surface area contributed by atoms with Crippen LogP contribution in [0.4, 0.5) is 11.4 Å². The lowest BCUT2D eigenvalue weighted by Gasteiger charge is -2.08. The smallest absolute Gasteiger partial charge is 0.337 e. The topological polar surface area (TPSA) is 137 Å². The van der Waals surface area contributed by atoms with Crippen LogP contribution in [0.25, 0.3) is 10.9 Å². The molecule has 0 aliphatic heterocycles. The Hall–Kier alpha value is -4.92. The zero-order valence-electron chi connectivity index (χ0n) is 17.1. The molecule has 162 valence electrons. The second-order valence-corrected chi connectivity index (χ2v) is 6.80. The first kappa shape index (κ1) is 21.3. The molecule has 0 bridgehead atoms. The number of hydrogen-bond donors (Lipinski definition) is 3. The summed E-state index contributed by atoms with van der Waals surface area (Å²) in [6, 6.07) is 21.6. The van der Waals surface area contributed by atoms with Crippen LogP contribution in [0.3, 0.4) is 0 Å². The molecular formula is C24H17N5O4. The molecular weight excluding hydrogens is 422 g/mol. The molecule has 4 aromatic rings. The molecule has 0 saturated heterocycles. The molecule has 0 aliphatic rings. The van der Waals surface area contributed by atoms with Crippen molar-refractivity contribution in [3.63, 3.8) is 0 Å². The normalized spacial score (nSPS) is 11.6. The molecule has 0 saturated carbocycles. The van der Waals surface area contributed by atoms with Gasteiger partial charge in [-0.1, -0.05) is 42.5 Å². The summed E-state index contributed by atoms with van der Waals surface area (Å²) in [6.45, 7) is 0. The molecule has 0 unspecified atom stereocenters. The predicted molar refractivity (Wildman–Crippen MR) is 123 cm³/mol. The molecule has 4 rings (SSSR count). The zero-order valence-corrected chi connectivity index (χ0v) is 17.1. The third-order valence-electron chi connectivity index (χ3n) is 4.70. The van der Waals surface area contributed by atoms with Gasteiger partial charge in [0.05, 0.1) is 22.3 Å². The largest absolute Gasteiger partial charge is 0.478 e. The van der Waals surface area contributed by atoms with E-state index in [2.05, 4.69) is 25.7 Å². The first-order valence-corrected chi connectivity index (χ1v) is 9.79. The van der Waals surface area contributed by atoms with E-state index in [0.717, 1.165) is 5.39 Å². The number of hydrogen-bond acceptors (Lipinski definition) is 6. The maximum absolute atomic E-state index is 11.5. The van der Waals surface area contributed by atoms with E-state index in [0.29, 0.717) is 11.1 Å². The minimum Gasteiger partial charge on any atom is -0.478 e. The number of aromatic nitrogens is 1. The minimum atomic E-state index is -1.14. The molecule has 0 fully saturated rings. The number of amidine groups is 1. The van der Waals surface area contributed by atoms with Gasteiger partial charge in [0, 0.05) is 17.1 Å². The molecule has 0 spiro atoms. The number of carbonyl (C=O) groups is 2. The van der Waals surface area contributed by atoms with Crippen LogP contribution >= 0.6 is 0 Å². The van der Waals surface area contributed by atoms with Crippen molar-refractivity contribution in [2.45, 2.75) is 0 Å². The van der Waals surface area contributed by atoms with Gasteiger partial charge in [0.15, 0.2) is 0 Å². The van der Waals surface area contributed by atoms with Crippen LogP contribution < -0.4 is 5.43 Å². The second kappa shape index (κ2) is 9.48. The van der Waals surface area contributed by atoms with E-state index in [1.807, 2.05) is 12.1 Å². The SMILES string of the molecule is O=C(O)c1ccccc1N=NC(=NNc1ccccc1C(=O)O)c1cccc2cccnc12. The molecule has 3 aromatic carbocycles. The lowest BCUT2D eigenvalue weighted by atomic mass is 10.1. The van der Waals surface area contributed by atoms with Gasteiger partial charge >= 0.3 is 11.9 Å². The van der Waals surface area contributed by atoms with Crippen molar-refractivity contribution in [1.29, 1.82) is 0 Å². The van der Waals surface area contributed by atoms with Crippen molar-refractivity contribution in [3.8, 4) is 0 Å². The molecule has 33 heavy (non-hydrogen) atoms. The van der Waals surface area contributed by atoms with E-state index in [4.69, 9.17) is 0 Å². The van der Waals surface area contributed by atoms with Crippen molar-refractivity contribution < 1.29 is 19.8 Å². The van der Waals surface area contributed by atoms with Gasteiger partial charge in [-0.25, -0.2) is 9.59 Å². The van der Waals surface area contributed by atoms with E-state index >= 15 is 0 Å². The molecule has 1 heterocycles. The van der Waals surface area contributed by atoms with E-state index in [9.17, 15) is 19.8 Å². The highest BCUT2D eigenvalue weighted by atomic mass is 16.4. The van der Waals surface area contributed by atoms with Gasteiger partial charge in [0.1, 0.15) is 5.69 Å². The zero-order chi connectivity index (χ0) is 23.2. The molecule has 3 N–H and O–H groups in total. The highest BCUT2D eigenvalue weighted by molar-refractivity contribution is 6.09. The molecule has 0 amide bonds. The Morgan fingerprint density at radius 2 is 1.42 bits per heavy atom. The third kappa shape index (κ3) is 4.72. The van der Waals surface area contributed by atoms with Crippen molar-refractivity contribution in [2.75, 3.05) is 5.43 Å². The Kier molecular flexibility index (Phi) is 6.12. The summed E-state index contributed by atoms with van der Waals surface area (Å²) in [5, 5.41) is 32.3. The molecule has 0 aliphatic carbocycles. The van der Waals surface area contributed by atoms with E-state index in [-0.39, 0.29) is 28.3 Å². The number of nitrogens with zero attached hydrogens (tertiary/aromatic N) is 4. The van der Waals surface area contributed by atoms with E-state index in [1.165, 1.54) is 18.2 Å². The molecule has 0 radical (unpaired) electrons. The van der Waals surface area contributed by atoms with Crippen molar-refractivity contribution in [2.24, 2.45) is 15.3 Å². The number of nitrogens with one attached hydrogen (secondary N) is 1. The quantitative estimate of drug-likeness (QED) is 0.164. The monoisotopic (exact) mass is 439 g/mol. The van der Waals surface area contributed by atoms with Crippen molar-refractivity contribution in [1.82, 2.24) is 4.98 Å². The first-order chi connectivity index (χ1) is 16.0. The first-order valence-electron chi connectivity index (χ1n) is 9.79. The van der Waals surface area contributed by atoms with Crippen LogP contribution in [0.5, 0.6) is 0 Å². The van der Waals surface area contributed by atoms with Gasteiger partial charge in [-0.05, 0) is 36.4 Å². The number of para-hydroxylation sites is 2. The van der Waals surface area contributed by atoms with Crippen LogP contribution in [-0.2, 0) is 0 Å². The Morgan fingerprint density at radius 1 is 0.758 bits per heavy atom. The average molecular weight is 439 g/mol. The Balaban J connectivity index is 1.82. The summed E-state index contributed by atoms with van der Waals surface area (Å²) < 4.78 is 0. The number of azo groups is 1. The number of benzene rings is 3. The van der Waals surface area contributed by atoms with Crippen LogP contribution in [0.1, 0.15) is 26.3 Å². The fourth-order valence-electron chi connectivity index (χ4n) is 3.14. The number of hydrazone groups is 1. The summed E-state index contributed by atoms with van der Waals surface area (Å²) in [6.07, 6.45) is 1.63. The van der Waals surface area contributed by atoms with Crippen LogP contribution in [0.2, 0.25) is 0 Å². The van der Waals surface area contributed by atoms with Gasteiger partial charge < -0.3 is 10.2 Å². The fourth-order valence-corrected chi connectivity index (χ4v) is 3.14. The molecule has 1 aromatic heterocycles. The van der Waals surface area contributed by atoms with Crippen molar-refractivity contribution in [3.05, 3.63) is 102 Å². The number of carboxylic acid groups (broad SMARTS) is 2. The lowest BCUT2D eigenvalue weighted by Crippen LogP contribution is -2.06. The molecule has 0 atom stereocenters. The Morgan fingerprint density at radius 3 is 2.21 bits per heavy atom. The molecule has 9 heteroatoms. The summed E-state index contributed by atoms with van der Waals surface area (Å²) in [7, 11) is 0. The highest BCUT2D eigenvalue weighted by Crippen LogP contribution is 2.22. The van der Waals surface area contributed by atoms with Crippen LogP contribution in [-0.4, -0.2) is 33.0 Å². The van der Waals surface area contributed by atoms with Crippen molar-refractivity contribution >= 4 is 40.1 Å². The number of anilines is 1.